The molecule has 2 aromatic heterocycles. The van der Waals surface area contributed by atoms with Crippen molar-refractivity contribution in [3.05, 3.63) is 81.4 Å². The molecule has 6 heteroatoms. The smallest absolute Gasteiger partial charge is 0.254 e. The molecule has 4 rings (SSSR count). The van der Waals surface area contributed by atoms with Gasteiger partial charge in [-0.1, -0.05) is 30.3 Å². The molecule has 1 aromatic carbocycles. The third-order valence-corrected chi connectivity index (χ3v) is 4.94. The third kappa shape index (κ3) is 3.51. The molecular weight excluding hydrogens is 340 g/mol. The fourth-order valence-electron chi connectivity index (χ4n) is 3.36. The number of hydrogen-bond acceptors (Lipinski definition) is 4. The molecule has 0 aliphatic carbocycles. The van der Waals surface area contributed by atoms with Gasteiger partial charge in [0.1, 0.15) is 5.69 Å². The second kappa shape index (κ2) is 7.15. The van der Waals surface area contributed by atoms with Gasteiger partial charge in [0.15, 0.2) is 5.82 Å². The van der Waals surface area contributed by atoms with Crippen LogP contribution in [-0.2, 0) is 24.2 Å². The average molecular weight is 360 g/mol. The van der Waals surface area contributed by atoms with E-state index >= 15 is 0 Å². The van der Waals surface area contributed by atoms with Gasteiger partial charge in [0.05, 0.1) is 18.7 Å². The van der Waals surface area contributed by atoms with Crippen LogP contribution in [0.4, 0.5) is 0 Å². The fourth-order valence-corrected chi connectivity index (χ4v) is 3.36. The second-order valence-corrected chi connectivity index (χ2v) is 6.72. The van der Waals surface area contributed by atoms with Crippen molar-refractivity contribution in [2.24, 2.45) is 0 Å². The molecule has 0 fully saturated rings. The van der Waals surface area contributed by atoms with Crippen LogP contribution in [0.2, 0.25) is 0 Å². The van der Waals surface area contributed by atoms with E-state index in [1.807, 2.05) is 43.3 Å². The van der Waals surface area contributed by atoms with Crippen molar-refractivity contribution < 1.29 is 4.79 Å². The van der Waals surface area contributed by atoms with Gasteiger partial charge in [0.2, 0.25) is 5.91 Å². The predicted molar refractivity (Wildman–Crippen MR) is 102 cm³/mol. The molecule has 0 saturated carbocycles. The molecule has 6 nitrogen and oxygen atoms in total. The van der Waals surface area contributed by atoms with Crippen molar-refractivity contribution in [3.8, 4) is 11.5 Å². The monoisotopic (exact) mass is 360 g/mol. The molecule has 0 bridgehead atoms. The molecule has 1 amide bonds. The number of nitrogens with zero attached hydrogens (tertiary/aromatic N) is 3. The minimum Gasteiger partial charge on any atom is -0.336 e. The Labute approximate surface area is 156 Å². The minimum absolute atomic E-state index is 0.0522. The number of aromatic nitrogens is 3. The summed E-state index contributed by atoms with van der Waals surface area (Å²) < 4.78 is 0. The number of H-pyrrole nitrogens is 1. The Hall–Kier alpha value is -3.28. The van der Waals surface area contributed by atoms with Crippen molar-refractivity contribution in [2.45, 2.75) is 26.3 Å². The molecular formula is C21H20N4O2. The number of nitrogens with one attached hydrogen (secondary N) is 1. The molecule has 0 atom stereocenters. The summed E-state index contributed by atoms with van der Waals surface area (Å²) >= 11 is 0. The van der Waals surface area contributed by atoms with Crippen molar-refractivity contribution in [1.29, 1.82) is 0 Å². The number of benzene rings is 1. The van der Waals surface area contributed by atoms with Crippen LogP contribution in [0.3, 0.4) is 0 Å². The maximum absolute atomic E-state index is 12.8. The lowest BCUT2D eigenvalue weighted by Gasteiger charge is -2.28. The minimum atomic E-state index is -0.147. The number of amides is 1. The second-order valence-electron chi connectivity index (χ2n) is 6.72. The zero-order valence-corrected chi connectivity index (χ0v) is 15.1. The first-order chi connectivity index (χ1) is 13.1. The fraction of sp³-hybridized carbons (Fsp3) is 0.238. The van der Waals surface area contributed by atoms with Crippen LogP contribution in [0.15, 0.2) is 53.5 Å². The predicted octanol–water partition coefficient (Wildman–Crippen LogP) is 2.27. The molecule has 0 radical (unpaired) electrons. The number of carbonyl (C=O) groups excluding carboxylic acids is 1. The first-order valence-corrected chi connectivity index (χ1v) is 8.97. The van der Waals surface area contributed by atoms with Gasteiger partial charge >= 0.3 is 0 Å². The summed E-state index contributed by atoms with van der Waals surface area (Å²) in [6, 6.07) is 13.4. The van der Waals surface area contributed by atoms with E-state index < -0.39 is 0 Å². The summed E-state index contributed by atoms with van der Waals surface area (Å²) in [5, 5.41) is 0. The van der Waals surface area contributed by atoms with Gasteiger partial charge in [-0.2, -0.15) is 0 Å². The molecule has 1 N–H and O–H groups in total. The van der Waals surface area contributed by atoms with Crippen LogP contribution >= 0.6 is 0 Å². The van der Waals surface area contributed by atoms with Gasteiger partial charge in [-0.15, -0.1) is 0 Å². The van der Waals surface area contributed by atoms with Crippen LogP contribution in [0.5, 0.6) is 0 Å². The number of rotatable bonds is 3. The maximum Gasteiger partial charge on any atom is 0.254 e. The van der Waals surface area contributed by atoms with E-state index in [0.717, 1.165) is 11.1 Å². The molecule has 1 aliphatic rings. The van der Waals surface area contributed by atoms with Gasteiger partial charge in [-0.25, -0.2) is 4.98 Å². The number of pyridine rings is 1. The van der Waals surface area contributed by atoms with E-state index in [1.54, 1.807) is 17.2 Å². The molecule has 3 heterocycles. The van der Waals surface area contributed by atoms with E-state index in [-0.39, 0.29) is 11.5 Å². The van der Waals surface area contributed by atoms with Crippen LogP contribution in [0.1, 0.15) is 22.4 Å². The Kier molecular flexibility index (Phi) is 4.54. The Morgan fingerprint density at radius 3 is 2.78 bits per heavy atom. The molecule has 27 heavy (non-hydrogen) atoms. The highest BCUT2D eigenvalue weighted by molar-refractivity contribution is 5.79. The zero-order chi connectivity index (χ0) is 18.8. The van der Waals surface area contributed by atoms with E-state index in [4.69, 9.17) is 0 Å². The summed E-state index contributed by atoms with van der Waals surface area (Å²) in [6.07, 6.45) is 2.53. The van der Waals surface area contributed by atoms with Crippen molar-refractivity contribution in [3.63, 3.8) is 0 Å². The van der Waals surface area contributed by atoms with E-state index in [9.17, 15) is 9.59 Å². The van der Waals surface area contributed by atoms with Gasteiger partial charge in [0, 0.05) is 18.3 Å². The summed E-state index contributed by atoms with van der Waals surface area (Å²) in [5.74, 6) is 0.490. The first-order valence-electron chi connectivity index (χ1n) is 8.97. The van der Waals surface area contributed by atoms with E-state index in [0.29, 0.717) is 48.7 Å². The average Bonchev–Trinajstić information content (AvgIpc) is 2.70. The molecule has 0 unspecified atom stereocenters. The lowest BCUT2D eigenvalue weighted by Crippen LogP contribution is -2.40. The lowest BCUT2D eigenvalue weighted by atomic mass is 10.0. The van der Waals surface area contributed by atoms with Gasteiger partial charge in [-0.05, 0) is 36.6 Å². The molecule has 0 spiro atoms. The maximum atomic E-state index is 12.8. The normalized spacial score (nSPS) is 13.3. The number of carbonyl (C=O) groups is 1. The van der Waals surface area contributed by atoms with E-state index in [2.05, 4.69) is 15.0 Å². The highest BCUT2D eigenvalue weighted by Crippen LogP contribution is 2.19. The molecule has 1 aliphatic heterocycles. The summed E-state index contributed by atoms with van der Waals surface area (Å²) in [4.78, 5) is 38.6. The van der Waals surface area contributed by atoms with Crippen molar-refractivity contribution in [2.75, 3.05) is 6.54 Å². The number of aromatic amines is 1. The first kappa shape index (κ1) is 17.1. The quantitative estimate of drug-likeness (QED) is 0.777. The summed E-state index contributed by atoms with van der Waals surface area (Å²) in [7, 11) is 0. The number of aryl methyl sites for hydroxylation is 1. The van der Waals surface area contributed by atoms with Crippen LogP contribution < -0.4 is 5.56 Å². The van der Waals surface area contributed by atoms with Gasteiger partial charge in [-0.3, -0.25) is 14.6 Å². The van der Waals surface area contributed by atoms with Crippen molar-refractivity contribution >= 4 is 5.91 Å². The molecule has 0 saturated heterocycles. The Morgan fingerprint density at radius 2 is 2.00 bits per heavy atom. The Morgan fingerprint density at radius 1 is 1.19 bits per heavy atom. The SMILES string of the molecule is Cc1ccccc1CC(=O)N1CCc2c(nc(-c3ccccn3)[nH]c2=O)C1. The highest BCUT2D eigenvalue weighted by atomic mass is 16.2. The molecule has 3 aromatic rings. The Bertz CT molecular complexity index is 1040. The van der Waals surface area contributed by atoms with Crippen LogP contribution in [0.25, 0.3) is 11.5 Å². The number of fused-ring (bicyclic) bond motifs is 1. The Balaban J connectivity index is 1.59. The van der Waals surface area contributed by atoms with Crippen LogP contribution in [0, 0.1) is 6.92 Å². The van der Waals surface area contributed by atoms with E-state index in [1.165, 1.54) is 0 Å². The topological polar surface area (TPSA) is 79.0 Å². The van der Waals surface area contributed by atoms with Crippen LogP contribution in [-0.4, -0.2) is 32.3 Å². The van der Waals surface area contributed by atoms with Gasteiger partial charge in [0.25, 0.3) is 5.56 Å². The number of hydrogen-bond donors (Lipinski definition) is 1. The van der Waals surface area contributed by atoms with Gasteiger partial charge < -0.3 is 9.88 Å². The molecule has 136 valence electrons. The van der Waals surface area contributed by atoms with Crippen molar-refractivity contribution in [1.82, 2.24) is 19.9 Å². The third-order valence-electron chi connectivity index (χ3n) is 4.94. The highest BCUT2D eigenvalue weighted by Gasteiger charge is 2.25. The largest absolute Gasteiger partial charge is 0.336 e. The lowest BCUT2D eigenvalue weighted by molar-refractivity contribution is -0.131. The standard InChI is InChI=1S/C21H20N4O2/c1-14-6-2-3-7-15(14)12-19(26)25-11-9-16-18(13-25)23-20(24-21(16)27)17-8-4-5-10-22-17/h2-8,10H,9,11-13H2,1H3,(H,23,24,27). The summed E-state index contributed by atoms with van der Waals surface area (Å²) in [6.45, 7) is 2.89. The zero-order valence-electron chi connectivity index (χ0n) is 15.1. The summed E-state index contributed by atoms with van der Waals surface area (Å²) in [5.41, 5.74) is 3.92.